The number of hydrogen-bond donors (Lipinski definition) is 0. The van der Waals surface area contributed by atoms with Crippen molar-refractivity contribution in [3.63, 3.8) is 0 Å². The summed E-state index contributed by atoms with van der Waals surface area (Å²) in [6.07, 6.45) is -0.251. The van der Waals surface area contributed by atoms with Crippen molar-refractivity contribution in [3.8, 4) is 0 Å². The number of carbonyl (C=O) groups excluding carboxylic acids is 1. The molecule has 0 spiro atoms. The van der Waals surface area contributed by atoms with Crippen molar-refractivity contribution in [1.82, 2.24) is 0 Å². The molecular formula is C7H12O3. The molecule has 1 aliphatic heterocycles. The molecule has 0 bridgehead atoms. The van der Waals surface area contributed by atoms with Crippen LogP contribution in [0.3, 0.4) is 0 Å². The van der Waals surface area contributed by atoms with E-state index in [4.69, 9.17) is 9.47 Å². The molecule has 0 N–H and O–H groups in total. The van der Waals surface area contributed by atoms with Crippen LogP contribution in [0.15, 0.2) is 0 Å². The first-order chi connectivity index (χ1) is 4.70. The summed E-state index contributed by atoms with van der Waals surface area (Å²) in [5, 5.41) is 0. The van der Waals surface area contributed by atoms with Gasteiger partial charge >= 0.3 is 5.97 Å². The molecule has 0 aromatic rings. The molecule has 1 rings (SSSR count). The molecule has 1 unspecified atom stereocenters. The van der Waals surface area contributed by atoms with Gasteiger partial charge in [-0.2, -0.15) is 0 Å². The van der Waals surface area contributed by atoms with Crippen LogP contribution < -0.4 is 0 Å². The van der Waals surface area contributed by atoms with E-state index in [1.165, 1.54) is 0 Å². The summed E-state index contributed by atoms with van der Waals surface area (Å²) in [5.74, 6) is 0.191. The first-order valence-corrected chi connectivity index (χ1v) is 3.48. The monoisotopic (exact) mass is 144 g/mol. The maximum Gasteiger partial charge on any atom is 0.337 e. The summed E-state index contributed by atoms with van der Waals surface area (Å²) in [5.41, 5.74) is 0. The second-order valence-electron chi connectivity index (χ2n) is 2.85. The standard InChI is InChI=1S/C7H12O3/c1-5(2)3-10-7(8)6-4-9-6/h5-6H,3-4H2,1-2H3. The van der Waals surface area contributed by atoms with E-state index in [0.717, 1.165) is 0 Å². The van der Waals surface area contributed by atoms with E-state index in [9.17, 15) is 4.79 Å². The molecule has 1 saturated heterocycles. The van der Waals surface area contributed by atoms with Crippen LogP contribution in [0.5, 0.6) is 0 Å². The zero-order valence-electron chi connectivity index (χ0n) is 6.29. The fraction of sp³-hybridized carbons (Fsp3) is 0.857. The average Bonchev–Trinajstić information content (AvgIpc) is 2.63. The van der Waals surface area contributed by atoms with E-state index in [1.807, 2.05) is 13.8 Å². The summed E-state index contributed by atoms with van der Waals surface area (Å²) in [6, 6.07) is 0. The highest BCUT2D eigenvalue weighted by Gasteiger charge is 2.32. The largest absolute Gasteiger partial charge is 0.463 e. The third kappa shape index (κ3) is 2.35. The van der Waals surface area contributed by atoms with Crippen LogP contribution in [0.4, 0.5) is 0 Å². The number of carbonyl (C=O) groups is 1. The van der Waals surface area contributed by atoms with Crippen LogP contribution >= 0.6 is 0 Å². The number of esters is 1. The minimum atomic E-state index is -0.251. The highest BCUT2D eigenvalue weighted by Crippen LogP contribution is 2.10. The molecule has 1 atom stereocenters. The van der Waals surface area contributed by atoms with Gasteiger partial charge in [0.15, 0.2) is 6.10 Å². The van der Waals surface area contributed by atoms with Gasteiger partial charge in [0.1, 0.15) is 0 Å². The molecular weight excluding hydrogens is 132 g/mol. The molecule has 0 amide bonds. The molecule has 0 saturated carbocycles. The summed E-state index contributed by atoms with van der Waals surface area (Å²) in [7, 11) is 0. The maximum atomic E-state index is 10.8. The van der Waals surface area contributed by atoms with Crippen molar-refractivity contribution < 1.29 is 14.3 Å². The molecule has 0 aliphatic carbocycles. The minimum absolute atomic E-state index is 0.214. The second-order valence-corrected chi connectivity index (χ2v) is 2.85. The van der Waals surface area contributed by atoms with Crippen molar-refractivity contribution in [2.75, 3.05) is 13.2 Å². The van der Waals surface area contributed by atoms with Crippen molar-refractivity contribution >= 4 is 5.97 Å². The molecule has 1 fully saturated rings. The third-order valence-corrected chi connectivity index (χ3v) is 1.16. The average molecular weight is 144 g/mol. The lowest BCUT2D eigenvalue weighted by molar-refractivity contribution is -0.146. The van der Waals surface area contributed by atoms with E-state index < -0.39 is 0 Å². The van der Waals surface area contributed by atoms with E-state index >= 15 is 0 Å². The molecule has 10 heavy (non-hydrogen) atoms. The SMILES string of the molecule is CC(C)COC(=O)C1CO1. The van der Waals surface area contributed by atoms with Gasteiger partial charge in [0, 0.05) is 0 Å². The Hall–Kier alpha value is -0.570. The maximum absolute atomic E-state index is 10.8. The van der Waals surface area contributed by atoms with Gasteiger partial charge in [-0.1, -0.05) is 13.8 Å². The summed E-state index contributed by atoms with van der Waals surface area (Å²) >= 11 is 0. The highest BCUT2D eigenvalue weighted by molar-refractivity contribution is 5.76. The quantitative estimate of drug-likeness (QED) is 0.429. The fourth-order valence-electron chi connectivity index (χ4n) is 0.526. The van der Waals surface area contributed by atoms with Gasteiger partial charge in [0.25, 0.3) is 0 Å². The Morgan fingerprint density at radius 2 is 2.40 bits per heavy atom. The van der Waals surface area contributed by atoms with Crippen LogP contribution in [0.2, 0.25) is 0 Å². The van der Waals surface area contributed by atoms with E-state index in [-0.39, 0.29) is 12.1 Å². The van der Waals surface area contributed by atoms with Gasteiger partial charge in [-0.25, -0.2) is 4.79 Å². The Kier molecular flexibility index (Phi) is 2.27. The van der Waals surface area contributed by atoms with Crippen LogP contribution in [-0.4, -0.2) is 25.3 Å². The van der Waals surface area contributed by atoms with Gasteiger partial charge in [-0.3, -0.25) is 0 Å². The Morgan fingerprint density at radius 1 is 1.80 bits per heavy atom. The van der Waals surface area contributed by atoms with Crippen LogP contribution in [-0.2, 0) is 14.3 Å². The van der Waals surface area contributed by atoms with Crippen molar-refractivity contribution in [2.24, 2.45) is 5.92 Å². The van der Waals surface area contributed by atoms with Gasteiger partial charge in [0.05, 0.1) is 13.2 Å². The van der Waals surface area contributed by atoms with Crippen molar-refractivity contribution in [3.05, 3.63) is 0 Å². The predicted molar refractivity (Wildman–Crippen MR) is 35.5 cm³/mol. The predicted octanol–water partition coefficient (Wildman–Crippen LogP) is 0.584. The second kappa shape index (κ2) is 3.01. The Morgan fingerprint density at radius 3 is 2.80 bits per heavy atom. The van der Waals surface area contributed by atoms with Crippen LogP contribution in [0.1, 0.15) is 13.8 Å². The first kappa shape index (κ1) is 7.54. The zero-order chi connectivity index (χ0) is 7.56. The Bertz CT molecular complexity index is 127. The third-order valence-electron chi connectivity index (χ3n) is 1.16. The van der Waals surface area contributed by atoms with Crippen LogP contribution in [0, 0.1) is 5.92 Å². The number of rotatable bonds is 3. The molecule has 0 aromatic heterocycles. The number of epoxide rings is 1. The van der Waals surface area contributed by atoms with Gasteiger partial charge in [-0.05, 0) is 5.92 Å². The minimum Gasteiger partial charge on any atom is -0.463 e. The van der Waals surface area contributed by atoms with Crippen molar-refractivity contribution in [2.45, 2.75) is 20.0 Å². The molecule has 0 aromatic carbocycles. The molecule has 1 heterocycles. The van der Waals surface area contributed by atoms with Gasteiger partial charge in [0.2, 0.25) is 0 Å². The van der Waals surface area contributed by atoms with E-state index in [1.54, 1.807) is 0 Å². The molecule has 1 aliphatic rings. The fourth-order valence-corrected chi connectivity index (χ4v) is 0.526. The lowest BCUT2D eigenvalue weighted by Gasteiger charge is -2.04. The lowest BCUT2D eigenvalue weighted by Crippen LogP contribution is -2.14. The molecule has 3 heteroatoms. The van der Waals surface area contributed by atoms with Crippen LogP contribution in [0.25, 0.3) is 0 Å². The number of ether oxygens (including phenoxy) is 2. The summed E-state index contributed by atoms with van der Waals surface area (Å²) < 4.78 is 9.59. The lowest BCUT2D eigenvalue weighted by atomic mass is 10.2. The number of hydrogen-bond acceptors (Lipinski definition) is 3. The zero-order valence-corrected chi connectivity index (χ0v) is 6.29. The van der Waals surface area contributed by atoms with Crippen molar-refractivity contribution in [1.29, 1.82) is 0 Å². The normalized spacial score (nSPS) is 22.9. The van der Waals surface area contributed by atoms with Gasteiger partial charge < -0.3 is 9.47 Å². The Labute approximate surface area is 60.3 Å². The van der Waals surface area contributed by atoms with Gasteiger partial charge in [-0.15, -0.1) is 0 Å². The molecule has 3 nitrogen and oxygen atoms in total. The Balaban J connectivity index is 2.06. The molecule has 58 valence electrons. The highest BCUT2D eigenvalue weighted by atomic mass is 16.6. The smallest absolute Gasteiger partial charge is 0.337 e. The first-order valence-electron chi connectivity index (χ1n) is 3.48. The van der Waals surface area contributed by atoms with E-state index in [2.05, 4.69) is 0 Å². The molecule has 0 radical (unpaired) electrons. The topological polar surface area (TPSA) is 38.8 Å². The van der Waals surface area contributed by atoms with E-state index in [0.29, 0.717) is 19.1 Å². The summed E-state index contributed by atoms with van der Waals surface area (Å²) in [6.45, 7) is 5.04. The summed E-state index contributed by atoms with van der Waals surface area (Å²) in [4.78, 5) is 10.8.